The molecule has 0 saturated heterocycles. The normalized spacial score (nSPS) is 11.3. The molecule has 1 aromatic heterocycles. The number of alkyl halides is 3. The van der Waals surface area contributed by atoms with Gasteiger partial charge in [0.1, 0.15) is 5.75 Å². The number of hydrogen-bond donors (Lipinski definition) is 2. The molecule has 0 spiro atoms. The summed E-state index contributed by atoms with van der Waals surface area (Å²) in [5.74, 6) is -0.787. The fraction of sp³-hybridized carbons (Fsp3) is 0.250. The summed E-state index contributed by atoms with van der Waals surface area (Å²) in [6.07, 6.45) is -4.76. The van der Waals surface area contributed by atoms with Gasteiger partial charge >= 0.3 is 12.1 Å². The van der Waals surface area contributed by atoms with Crippen molar-refractivity contribution in [3.8, 4) is 5.75 Å². The Bertz CT molecular complexity index is 739. The molecule has 0 radical (unpaired) electrons. The number of benzene rings is 1. The topological polar surface area (TPSA) is 89.0 Å². The lowest BCUT2D eigenvalue weighted by atomic mass is 10.3. The minimum absolute atomic E-state index is 0.0149. The molecular formula is C12H11F3N4O3S. The molecule has 2 aromatic rings. The third-order valence-electron chi connectivity index (χ3n) is 2.54. The van der Waals surface area contributed by atoms with Crippen molar-refractivity contribution in [1.82, 2.24) is 14.8 Å². The second kappa shape index (κ2) is 6.77. The second-order valence-electron chi connectivity index (χ2n) is 4.28. The van der Waals surface area contributed by atoms with Crippen molar-refractivity contribution >= 4 is 23.4 Å². The van der Waals surface area contributed by atoms with E-state index in [9.17, 15) is 22.8 Å². The molecule has 124 valence electrons. The van der Waals surface area contributed by atoms with Crippen LogP contribution in [-0.2, 0) is 11.8 Å². The molecule has 0 bridgehead atoms. The Morgan fingerprint density at radius 3 is 2.57 bits per heavy atom. The predicted octanol–water partition coefficient (Wildman–Crippen LogP) is 1.74. The highest BCUT2D eigenvalue weighted by molar-refractivity contribution is 7.99. The Morgan fingerprint density at radius 2 is 2.04 bits per heavy atom. The fourth-order valence-corrected chi connectivity index (χ4v) is 2.25. The number of rotatable bonds is 5. The monoisotopic (exact) mass is 348 g/mol. The Hall–Kier alpha value is -2.43. The van der Waals surface area contributed by atoms with Crippen molar-refractivity contribution in [2.45, 2.75) is 11.5 Å². The molecule has 1 aromatic carbocycles. The summed E-state index contributed by atoms with van der Waals surface area (Å²) in [5.41, 5.74) is -0.0748. The van der Waals surface area contributed by atoms with Crippen LogP contribution in [0.4, 0.5) is 18.9 Å². The van der Waals surface area contributed by atoms with E-state index < -0.39 is 18.0 Å². The van der Waals surface area contributed by atoms with E-state index in [1.165, 1.54) is 23.7 Å². The molecule has 2 rings (SSSR count). The first kappa shape index (κ1) is 16.9. The van der Waals surface area contributed by atoms with E-state index in [1.807, 2.05) is 0 Å². The van der Waals surface area contributed by atoms with Crippen LogP contribution in [-0.4, -0.2) is 32.8 Å². The average Bonchev–Trinajstić information content (AvgIpc) is 2.77. The highest BCUT2D eigenvalue weighted by atomic mass is 32.2. The van der Waals surface area contributed by atoms with Crippen molar-refractivity contribution in [3.63, 3.8) is 0 Å². The smallest absolute Gasteiger partial charge is 0.406 e. The standard InChI is InChI=1S/C12H11F3N4O3S/c1-19-10(21)17-18-11(19)23-6-9(20)16-7-2-4-8(5-3-7)22-12(13,14)15/h2-5H,6H2,1H3,(H,16,20)(H,17,21). The van der Waals surface area contributed by atoms with E-state index in [2.05, 4.69) is 20.3 Å². The minimum Gasteiger partial charge on any atom is -0.406 e. The zero-order chi connectivity index (χ0) is 17.0. The number of aromatic nitrogens is 3. The summed E-state index contributed by atoms with van der Waals surface area (Å²) < 4.78 is 41.0. The first-order valence-corrected chi connectivity index (χ1v) is 7.13. The van der Waals surface area contributed by atoms with Gasteiger partial charge in [0.05, 0.1) is 5.75 Å². The molecule has 1 amide bonds. The number of carbonyl (C=O) groups excluding carboxylic acids is 1. The van der Waals surface area contributed by atoms with E-state index >= 15 is 0 Å². The van der Waals surface area contributed by atoms with E-state index in [-0.39, 0.29) is 11.5 Å². The van der Waals surface area contributed by atoms with Gasteiger partial charge in [-0.2, -0.15) is 0 Å². The highest BCUT2D eigenvalue weighted by Gasteiger charge is 2.30. The molecule has 0 aliphatic rings. The van der Waals surface area contributed by atoms with Crippen LogP contribution in [0.2, 0.25) is 0 Å². The maximum atomic E-state index is 12.0. The van der Waals surface area contributed by atoms with Crippen LogP contribution >= 0.6 is 11.8 Å². The molecule has 0 aliphatic heterocycles. The van der Waals surface area contributed by atoms with Gasteiger partial charge in [-0.05, 0) is 24.3 Å². The number of aromatic amines is 1. The molecule has 2 N–H and O–H groups in total. The molecule has 0 saturated carbocycles. The first-order valence-electron chi connectivity index (χ1n) is 6.14. The van der Waals surface area contributed by atoms with Gasteiger partial charge in [0.25, 0.3) is 0 Å². The van der Waals surface area contributed by atoms with E-state index in [1.54, 1.807) is 0 Å². The number of carbonyl (C=O) groups is 1. The number of amides is 1. The Kier molecular flexibility index (Phi) is 4.98. The molecule has 11 heteroatoms. The van der Waals surface area contributed by atoms with Crippen molar-refractivity contribution in [1.29, 1.82) is 0 Å². The Balaban J connectivity index is 1.88. The SMILES string of the molecule is Cn1c(SCC(=O)Nc2ccc(OC(F)(F)F)cc2)n[nH]c1=O. The van der Waals surface area contributed by atoms with Crippen LogP contribution in [0.15, 0.2) is 34.2 Å². The Labute approximate surface area is 131 Å². The van der Waals surface area contributed by atoms with Crippen LogP contribution in [0.1, 0.15) is 0 Å². The number of nitrogens with zero attached hydrogens (tertiary/aromatic N) is 2. The van der Waals surface area contributed by atoms with Crippen LogP contribution in [0.3, 0.4) is 0 Å². The average molecular weight is 348 g/mol. The van der Waals surface area contributed by atoms with Gasteiger partial charge in [-0.1, -0.05) is 11.8 Å². The molecule has 0 unspecified atom stereocenters. The number of anilines is 1. The molecule has 1 heterocycles. The summed E-state index contributed by atoms with van der Waals surface area (Å²) in [7, 11) is 1.51. The van der Waals surface area contributed by atoms with Crippen LogP contribution < -0.4 is 15.7 Å². The molecule has 23 heavy (non-hydrogen) atoms. The molecular weight excluding hydrogens is 337 g/mol. The number of H-pyrrole nitrogens is 1. The summed E-state index contributed by atoms with van der Waals surface area (Å²) in [6, 6.07) is 4.75. The zero-order valence-corrected chi connectivity index (χ0v) is 12.5. The zero-order valence-electron chi connectivity index (χ0n) is 11.7. The quantitative estimate of drug-likeness (QED) is 0.804. The van der Waals surface area contributed by atoms with Crippen molar-refractivity contribution in [2.75, 3.05) is 11.1 Å². The second-order valence-corrected chi connectivity index (χ2v) is 5.22. The van der Waals surface area contributed by atoms with E-state index in [0.29, 0.717) is 10.8 Å². The summed E-state index contributed by atoms with van der Waals surface area (Å²) in [5, 5.41) is 8.81. The van der Waals surface area contributed by atoms with Crippen molar-refractivity contribution in [3.05, 3.63) is 34.7 Å². The number of halogens is 3. The Morgan fingerprint density at radius 1 is 1.39 bits per heavy atom. The third-order valence-corrected chi connectivity index (χ3v) is 3.57. The maximum absolute atomic E-state index is 12.0. The predicted molar refractivity (Wildman–Crippen MR) is 76.3 cm³/mol. The van der Waals surface area contributed by atoms with E-state index in [0.717, 1.165) is 23.9 Å². The van der Waals surface area contributed by atoms with Crippen LogP contribution in [0, 0.1) is 0 Å². The summed E-state index contributed by atoms with van der Waals surface area (Å²) in [4.78, 5) is 22.9. The first-order chi connectivity index (χ1) is 10.7. The van der Waals surface area contributed by atoms with Crippen LogP contribution in [0.5, 0.6) is 5.75 Å². The number of thioether (sulfide) groups is 1. The number of ether oxygens (including phenoxy) is 1. The van der Waals surface area contributed by atoms with E-state index in [4.69, 9.17) is 0 Å². The molecule has 0 aliphatic carbocycles. The third kappa shape index (κ3) is 5.06. The van der Waals surface area contributed by atoms with Crippen LogP contribution in [0.25, 0.3) is 0 Å². The van der Waals surface area contributed by atoms with Crippen molar-refractivity contribution in [2.24, 2.45) is 7.05 Å². The van der Waals surface area contributed by atoms with Gasteiger partial charge in [0, 0.05) is 12.7 Å². The summed E-state index contributed by atoms with van der Waals surface area (Å²) >= 11 is 1.04. The summed E-state index contributed by atoms with van der Waals surface area (Å²) in [6.45, 7) is 0. The van der Waals surface area contributed by atoms with Gasteiger partial charge in [-0.25, -0.2) is 9.89 Å². The highest BCUT2D eigenvalue weighted by Crippen LogP contribution is 2.24. The molecule has 0 atom stereocenters. The largest absolute Gasteiger partial charge is 0.573 e. The minimum atomic E-state index is -4.76. The van der Waals surface area contributed by atoms with Gasteiger partial charge in [-0.15, -0.1) is 18.3 Å². The molecule has 7 nitrogen and oxygen atoms in total. The number of nitrogens with one attached hydrogen (secondary N) is 2. The van der Waals surface area contributed by atoms with Gasteiger partial charge in [0.15, 0.2) is 5.16 Å². The lowest BCUT2D eigenvalue weighted by Crippen LogP contribution is -2.17. The van der Waals surface area contributed by atoms with Crippen molar-refractivity contribution < 1.29 is 22.7 Å². The lowest BCUT2D eigenvalue weighted by Gasteiger charge is -2.09. The fourth-order valence-electron chi connectivity index (χ4n) is 1.53. The molecule has 0 fully saturated rings. The van der Waals surface area contributed by atoms with Gasteiger partial charge < -0.3 is 10.1 Å². The maximum Gasteiger partial charge on any atom is 0.573 e. The van der Waals surface area contributed by atoms with Gasteiger partial charge in [0.2, 0.25) is 5.91 Å². The van der Waals surface area contributed by atoms with Gasteiger partial charge in [-0.3, -0.25) is 9.36 Å². The number of hydrogen-bond acceptors (Lipinski definition) is 5. The lowest BCUT2D eigenvalue weighted by molar-refractivity contribution is -0.274.